The van der Waals surface area contributed by atoms with Crippen LogP contribution in [0, 0.1) is 6.92 Å². The number of benzene rings is 1. The Balaban J connectivity index is 1.53. The predicted octanol–water partition coefficient (Wildman–Crippen LogP) is 2.13. The minimum Gasteiger partial charge on any atom is -0.464 e. The fourth-order valence-electron chi connectivity index (χ4n) is 4.42. The number of furan rings is 1. The van der Waals surface area contributed by atoms with E-state index in [-0.39, 0.29) is 48.0 Å². The molecule has 5 N–H and O–H groups in total. The summed E-state index contributed by atoms with van der Waals surface area (Å²) in [5.41, 5.74) is 11.8. The molecule has 2 atom stereocenters. The molecule has 0 radical (unpaired) electrons. The molecule has 200 valence electrons. The van der Waals surface area contributed by atoms with E-state index < -0.39 is 23.8 Å². The van der Waals surface area contributed by atoms with E-state index in [0.717, 1.165) is 24.4 Å². The van der Waals surface area contributed by atoms with Gasteiger partial charge in [-0.2, -0.15) is 4.37 Å². The third-order valence-corrected chi connectivity index (χ3v) is 7.18. The predicted molar refractivity (Wildman–Crippen MR) is 136 cm³/mol. The van der Waals surface area contributed by atoms with Crippen LogP contribution in [0.3, 0.4) is 0 Å². The Morgan fingerprint density at radius 3 is 2.71 bits per heavy atom. The lowest BCUT2D eigenvalue weighted by Gasteiger charge is -2.30. The second-order valence-corrected chi connectivity index (χ2v) is 9.76. The topological polar surface area (TPSA) is 172 Å². The van der Waals surface area contributed by atoms with Crippen LogP contribution < -0.4 is 26.3 Å². The smallest absolute Gasteiger partial charge is 0.270 e. The summed E-state index contributed by atoms with van der Waals surface area (Å²) in [6, 6.07) is 7.44. The molecule has 0 saturated carbocycles. The second-order valence-electron chi connectivity index (χ2n) is 8.99. The Hall–Kier alpha value is -4.10. The molecule has 1 aromatic carbocycles. The van der Waals surface area contributed by atoms with Gasteiger partial charge >= 0.3 is 0 Å². The largest absolute Gasteiger partial charge is 0.464 e. The van der Waals surface area contributed by atoms with E-state index >= 15 is 0 Å². The van der Waals surface area contributed by atoms with E-state index in [1.165, 1.54) is 4.90 Å². The van der Waals surface area contributed by atoms with Crippen LogP contribution in [0.25, 0.3) is 0 Å². The molecule has 0 spiro atoms. The highest BCUT2D eigenvalue weighted by atomic mass is 32.1. The van der Waals surface area contributed by atoms with Crippen LogP contribution >= 0.6 is 11.5 Å². The monoisotopic (exact) mass is 541 g/mol. The summed E-state index contributed by atoms with van der Waals surface area (Å²) in [5.74, 6) is 0.0139. The highest BCUT2D eigenvalue weighted by Crippen LogP contribution is 2.35. The van der Waals surface area contributed by atoms with Gasteiger partial charge in [0, 0.05) is 19.7 Å². The molecule has 2 aromatic heterocycles. The molecular weight excluding hydrogens is 514 g/mol. The summed E-state index contributed by atoms with van der Waals surface area (Å²) in [5, 5.41) is 2.90. The average Bonchev–Trinajstić information content (AvgIpc) is 3.69. The van der Waals surface area contributed by atoms with Crippen molar-refractivity contribution in [3.05, 3.63) is 58.0 Å². The highest BCUT2D eigenvalue weighted by molar-refractivity contribution is 7.09. The normalized spacial score (nSPS) is 16.8. The molecule has 2 unspecified atom stereocenters. The number of nitrogens with two attached hydrogens (primary N) is 2. The quantitative estimate of drug-likeness (QED) is 0.367. The van der Waals surface area contributed by atoms with Gasteiger partial charge in [0.2, 0.25) is 6.79 Å². The van der Waals surface area contributed by atoms with Crippen LogP contribution in [0.4, 0.5) is 5.69 Å². The van der Waals surface area contributed by atoms with Crippen molar-refractivity contribution in [3.63, 3.8) is 0 Å². The zero-order valence-electron chi connectivity index (χ0n) is 20.6. The van der Waals surface area contributed by atoms with Crippen LogP contribution in [-0.2, 0) is 16.1 Å². The van der Waals surface area contributed by atoms with Gasteiger partial charge in [-0.15, -0.1) is 0 Å². The lowest BCUT2D eigenvalue weighted by Crippen LogP contribution is -2.45. The van der Waals surface area contributed by atoms with Gasteiger partial charge in [-0.3, -0.25) is 14.4 Å². The summed E-state index contributed by atoms with van der Waals surface area (Å²) < 4.78 is 26.3. The highest BCUT2D eigenvalue weighted by Gasteiger charge is 2.37. The molecule has 4 heterocycles. The number of carbonyl (C=O) groups excluding carboxylic acids is 3. The molecular formula is C25H27N5O7S. The number of hydrogen-bond donors (Lipinski definition) is 3. The maximum atomic E-state index is 14.0. The van der Waals surface area contributed by atoms with E-state index in [1.807, 2.05) is 0 Å². The molecule has 1 fully saturated rings. The molecule has 0 aliphatic carbocycles. The van der Waals surface area contributed by atoms with Crippen LogP contribution in [0.15, 0.2) is 34.7 Å². The molecule has 5 rings (SSSR count). The number of ether oxygens (including phenoxy) is 3. The van der Waals surface area contributed by atoms with Gasteiger partial charge in [0.25, 0.3) is 17.7 Å². The van der Waals surface area contributed by atoms with E-state index in [0.29, 0.717) is 29.4 Å². The maximum absolute atomic E-state index is 14.0. The van der Waals surface area contributed by atoms with Crippen LogP contribution in [-0.4, -0.2) is 53.0 Å². The standard InChI is InChI=1S/C25H27N5O7S/c1-13-4-6-17(37-13)21(24(32)28-10-15-3-2-8-34-15)30(11-14-5-7-16-18(9-14)36-12-35-16)25(33)22-19(26)20(23(27)31)29-38-22/h4-7,9,15,21H,2-3,8,10-12,26H2,1H3,(H2,27,31)(H,28,32). The summed E-state index contributed by atoms with van der Waals surface area (Å²) in [7, 11) is 0. The Kier molecular flexibility index (Phi) is 7.20. The lowest BCUT2D eigenvalue weighted by molar-refractivity contribution is -0.127. The van der Waals surface area contributed by atoms with Gasteiger partial charge in [0.05, 0.1) is 11.8 Å². The summed E-state index contributed by atoms with van der Waals surface area (Å²) in [4.78, 5) is 40.7. The third-order valence-electron chi connectivity index (χ3n) is 6.32. The van der Waals surface area contributed by atoms with Gasteiger partial charge in [0.15, 0.2) is 23.2 Å². The average molecular weight is 542 g/mol. The molecule has 2 aliphatic rings. The fraction of sp³-hybridized carbons (Fsp3) is 0.360. The Morgan fingerprint density at radius 2 is 2.03 bits per heavy atom. The van der Waals surface area contributed by atoms with Crippen molar-refractivity contribution in [2.75, 3.05) is 25.7 Å². The van der Waals surface area contributed by atoms with E-state index in [1.54, 1.807) is 37.3 Å². The summed E-state index contributed by atoms with van der Waals surface area (Å²) in [6.45, 7) is 2.75. The zero-order valence-corrected chi connectivity index (χ0v) is 21.4. The van der Waals surface area contributed by atoms with Crippen LogP contribution in [0.5, 0.6) is 11.5 Å². The summed E-state index contributed by atoms with van der Waals surface area (Å²) in [6.07, 6.45) is 1.65. The number of rotatable bonds is 9. The number of primary amides is 1. The molecule has 1 saturated heterocycles. The van der Waals surface area contributed by atoms with E-state index in [9.17, 15) is 14.4 Å². The SMILES string of the molecule is Cc1ccc(C(C(=O)NCC2CCCO2)N(Cc2ccc3c(c2)OCO3)C(=O)c2snc(C(N)=O)c2N)o1. The number of hydrogen-bond acceptors (Lipinski definition) is 10. The van der Waals surface area contributed by atoms with Gasteiger partial charge in [-0.25, -0.2) is 0 Å². The van der Waals surface area contributed by atoms with Gasteiger partial charge in [-0.05, 0) is 61.1 Å². The first kappa shape index (κ1) is 25.5. The number of fused-ring (bicyclic) bond motifs is 1. The third kappa shape index (κ3) is 5.15. The molecule has 13 heteroatoms. The van der Waals surface area contributed by atoms with Crippen LogP contribution in [0.1, 0.15) is 56.1 Å². The molecule has 2 aliphatic heterocycles. The van der Waals surface area contributed by atoms with E-state index in [2.05, 4.69) is 9.69 Å². The van der Waals surface area contributed by atoms with Crippen molar-refractivity contribution in [2.24, 2.45) is 5.73 Å². The van der Waals surface area contributed by atoms with Crippen molar-refractivity contribution in [3.8, 4) is 11.5 Å². The van der Waals surface area contributed by atoms with Gasteiger partial charge in [-0.1, -0.05) is 6.07 Å². The molecule has 38 heavy (non-hydrogen) atoms. The second kappa shape index (κ2) is 10.7. The Bertz CT molecular complexity index is 1360. The number of nitrogens with zero attached hydrogens (tertiary/aromatic N) is 2. The van der Waals surface area contributed by atoms with Gasteiger partial charge < -0.3 is 40.3 Å². The number of nitrogen functional groups attached to an aromatic ring is 1. The summed E-state index contributed by atoms with van der Waals surface area (Å²) >= 11 is 0.741. The minimum atomic E-state index is -1.17. The van der Waals surface area contributed by atoms with Gasteiger partial charge in [0.1, 0.15) is 16.4 Å². The number of amides is 3. The Morgan fingerprint density at radius 1 is 1.21 bits per heavy atom. The van der Waals surface area contributed by atoms with E-state index in [4.69, 9.17) is 30.1 Å². The van der Waals surface area contributed by atoms with Crippen molar-refractivity contribution in [1.82, 2.24) is 14.6 Å². The lowest BCUT2D eigenvalue weighted by atomic mass is 10.1. The van der Waals surface area contributed by atoms with Crippen molar-refractivity contribution >= 4 is 34.9 Å². The van der Waals surface area contributed by atoms with Crippen molar-refractivity contribution in [1.29, 1.82) is 0 Å². The molecule has 0 bridgehead atoms. The molecule has 3 amide bonds. The minimum absolute atomic E-state index is 0.0141. The first-order valence-corrected chi connectivity index (χ1v) is 12.8. The van der Waals surface area contributed by atoms with Crippen molar-refractivity contribution < 1.29 is 33.0 Å². The number of aryl methyl sites for hydroxylation is 1. The maximum Gasteiger partial charge on any atom is 0.270 e. The first-order chi connectivity index (χ1) is 18.3. The van der Waals surface area contributed by atoms with Crippen molar-refractivity contribution in [2.45, 2.75) is 38.5 Å². The number of nitrogens with one attached hydrogen (secondary N) is 1. The number of carbonyl (C=O) groups is 3. The Labute approximate surface area is 222 Å². The van der Waals surface area contributed by atoms with Crippen LogP contribution in [0.2, 0.25) is 0 Å². The first-order valence-electron chi connectivity index (χ1n) is 12.0. The zero-order chi connectivity index (χ0) is 26.8. The number of aromatic nitrogens is 1. The molecule has 3 aromatic rings. The number of anilines is 1. The fourth-order valence-corrected chi connectivity index (χ4v) is 5.18. The molecule has 12 nitrogen and oxygen atoms in total.